The molecule has 1 aliphatic heterocycles. The summed E-state index contributed by atoms with van der Waals surface area (Å²) in [5.41, 5.74) is 0. The van der Waals surface area contributed by atoms with Gasteiger partial charge in [-0.1, -0.05) is 13.8 Å². The molecule has 1 rings (SSSR count). The van der Waals surface area contributed by atoms with Crippen LogP contribution in [0.15, 0.2) is 0 Å². The molecule has 1 fully saturated rings. The predicted molar refractivity (Wildman–Crippen MR) is 42.1 cm³/mol. The highest BCUT2D eigenvalue weighted by molar-refractivity contribution is 4.79. The molecule has 0 radical (unpaired) electrons. The minimum absolute atomic E-state index is 0.405. The molecule has 2 nitrogen and oxygen atoms in total. The van der Waals surface area contributed by atoms with Crippen LogP contribution in [0.1, 0.15) is 27.2 Å². The molecule has 0 unspecified atom stereocenters. The van der Waals surface area contributed by atoms with E-state index in [0.29, 0.717) is 18.2 Å². The van der Waals surface area contributed by atoms with E-state index in [4.69, 9.17) is 4.74 Å². The third-order valence-corrected chi connectivity index (χ3v) is 1.92. The Bertz CT molecular complexity index is 103. The lowest BCUT2D eigenvalue weighted by atomic mass is 10.1. The largest absolute Gasteiger partial charge is 0.377 e. The molecule has 10 heavy (non-hydrogen) atoms. The minimum atomic E-state index is 0.405. The van der Waals surface area contributed by atoms with Crippen molar-refractivity contribution in [3.63, 3.8) is 0 Å². The van der Waals surface area contributed by atoms with Crippen molar-refractivity contribution >= 4 is 0 Å². The summed E-state index contributed by atoms with van der Waals surface area (Å²) in [5.74, 6) is 0. The van der Waals surface area contributed by atoms with Gasteiger partial charge in [0.05, 0.1) is 6.10 Å². The summed E-state index contributed by atoms with van der Waals surface area (Å²) >= 11 is 0. The SMILES string of the molecule is CC(C)N[C@@H]1CCO[C@@H]1C. The Morgan fingerprint density at radius 1 is 1.50 bits per heavy atom. The third kappa shape index (κ3) is 1.96. The molecule has 0 saturated carbocycles. The maximum absolute atomic E-state index is 5.40. The lowest BCUT2D eigenvalue weighted by Gasteiger charge is -2.18. The highest BCUT2D eigenvalue weighted by Crippen LogP contribution is 2.12. The predicted octanol–water partition coefficient (Wildman–Crippen LogP) is 1.16. The molecule has 1 saturated heterocycles. The first-order valence-corrected chi connectivity index (χ1v) is 4.08. The molecule has 60 valence electrons. The van der Waals surface area contributed by atoms with Gasteiger partial charge in [-0.25, -0.2) is 0 Å². The maximum Gasteiger partial charge on any atom is 0.0700 e. The Hall–Kier alpha value is -0.0800. The quantitative estimate of drug-likeness (QED) is 0.626. The van der Waals surface area contributed by atoms with Gasteiger partial charge in [0.1, 0.15) is 0 Å². The van der Waals surface area contributed by atoms with Gasteiger partial charge in [-0.05, 0) is 13.3 Å². The van der Waals surface area contributed by atoms with Crippen molar-refractivity contribution in [2.24, 2.45) is 0 Å². The van der Waals surface area contributed by atoms with Gasteiger partial charge in [-0.3, -0.25) is 0 Å². The van der Waals surface area contributed by atoms with E-state index in [2.05, 4.69) is 26.1 Å². The molecule has 2 heteroatoms. The molecule has 0 aliphatic carbocycles. The van der Waals surface area contributed by atoms with E-state index in [0.717, 1.165) is 6.61 Å². The van der Waals surface area contributed by atoms with Crippen LogP contribution >= 0.6 is 0 Å². The Balaban J connectivity index is 2.26. The molecule has 0 spiro atoms. The van der Waals surface area contributed by atoms with Gasteiger partial charge in [-0.2, -0.15) is 0 Å². The van der Waals surface area contributed by atoms with Gasteiger partial charge in [0.15, 0.2) is 0 Å². The van der Waals surface area contributed by atoms with Crippen LogP contribution in [0.4, 0.5) is 0 Å². The van der Waals surface area contributed by atoms with Crippen LogP contribution in [0.25, 0.3) is 0 Å². The minimum Gasteiger partial charge on any atom is -0.377 e. The van der Waals surface area contributed by atoms with Gasteiger partial charge in [0.25, 0.3) is 0 Å². The summed E-state index contributed by atoms with van der Waals surface area (Å²) in [7, 11) is 0. The molecule has 0 bridgehead atoms. The monoisotopic (exact) mass is 143 g/mol. The van der Waals surface area contributed by atoms with Crippen LogP contribution in [0, 0.1) is 0 Å². The summed E-state index contributed by atoms with van der Waals surface area (Å²) in [6.07, 6.45) is 1.57. The van der Waals surface area contributed by atoms with E-state index in [9.17, 15) is 0 Å². The van der Waals surface area contributed by atoms with Crippen molar-refractivity contribution in [2.75, 3.05) is 6.61 Å². The van der Waals surface area contributed by atoms with Gasteiger partial charge in [-0.15, -0.1) is 0 Å². The summed E-state index contributed by atoms with van der Waals surface area (Å²) in [4.78, 5) is 0. The lowest BCUT2D eigenvalue weighted by molar-refractivity contribution is 0.111. The second kappa shape index (κ2) is 3.35. The Labute approximate surface area is 63.0 Å². The fourth-order valence-corrected chi connectivity index (χ4v) is 1.38. The van der Waals surface area contributed by atoms with Crippen molar-refractivity contribution < 1.29 is 4.74 Å². The van der Waals surface area contributed by atoms with Gasteiger partial charge >= 0.3 is 0 Å². The van der Waals surface area contributed by atoms with Crippen LogP contribution < -0.4 is 5.32 Å². The molecule has 1 heterocycles. The molecule has 0 aromatic carbocycles. The Morgan fingerprint density at radius 2 is 2.20 bits per heavy atom. The van der Waals surface area contributed by atoms with E-state index in [1.54, 1.807) is 0 Å². The summed E-state index contributed by atoms with van der Waals surface area (Å²) < 4.78 is 5.40. The normalized spacial score (nSPS) is 33.6. The fraction of sp³-hybridized carbons (Fsp3) is 1.00. The highest BCUT2D eigenvalue weighted by Gasteiger charge is 2.23. The summed E-state index contributed by atoms with van der Waals surface area (Å²) in [6, 6.07) is 1.16. The highest BCUT2D eigenvalue weighted by atomic mass is 16.5. The van der Waals surface area contributed by atoms with Crippen LogP contribution in [0.5, 0.6) is 0 Å². The number of nitrogens with one attached hydrogen (secondary N) is 1. The summed E-state index contributed by atoms with van der Waals surface area (Å²) in [6.45, 7) is 7.40. The second-order valence-electron chi connectivity index (χ2n) is 3.29. The van der Waals surface area contributed by atoms with E-state index in [1.165, 1.54) is 6.42 Å². The van der Waals surface area contributed by atoms with Crippen molar-refractivity contribution in [3.05, 3.63) is 0 Å². The van der Waals surface area contributed by atoms with Crippen molar-refractivity contribution in [2.45, 2.75) is 45.4 Å². The molecular formula is C8H17NO. The van der Waals surface area contributed by atoms with Gasteiger partial charge in [0, 0.05) is 18.7 Å². The van der Waals surface area contributed by atoms with Gasteiger partial charge < -0.3 is 10.1 Å². The number of hydrogen-bond donors (Lipinski definition) is 1. The zero-order chi connectivity index (χ0) is 7.56. The molecule has 1 aliphatic rings. The van der Waals surface area contributed by atoms with Crippen LogP contribution in [-0.2, 0) is 4.74 Å². The molecule has 0 aromatic heterocycles. The fourth-order valence-electron chi connectivity index (χ4n) is 1.38. The summed E-state index contributed by atoms with van der Waals surface area (Å²) in [5, 5.41) is 3.47. The van der Waals surface area contributed by atoms with E-state index >= 15 is 0 Å². The van der Waals surface area contributed by atoms with E-state index < -0.39 is 0 Å². The Morgan fingerprint density at radius 3 is 2.60 bits per heavy atom. The maximum atomic E-state index is 5.40. The Kier molecular flexibility index (Phi) is 2.69. The standard InChI is InChI=1S/C8H17NO/c1-6(2)9-8-4-5-10-7(8)3/h6-9H,4-5H2,1-3H3/t7-,8-/m1/s1. The molecule has 2 atom stereocenters. The van der Waals surface area contributed by atoms with Crippen molar-refractivity contribution in [1.29, 1.82) is 0 Å². The molecule has 0 aromatic rings. The zero-order valence-corrected chi connectivity index (χ0v) is 7.05. The second-order valence-corrected chi connectivity index (χ2v) is 3.29. The van der Waals surface area contributed by atoms with E-state index in [-0.39, 0.29) is 0 Å². The van der Waals surface area contributed by atoms with Crippen LogP contribution in [0.3, 0.4) is 0 Å². The van der Waals surface area contributed by atoms with Crippen molar-refractivity contribution in [1.82, 2.24) is 5.32 Å². The number of hydrogen-bond acceptors (Lipinski definition) is 2. The van der Waals surface area contributed by atoms with Crippen LogP contribution in [-0.4, -0.2) is 24.8 Å². The first-order valence-electron chi connectivity index (χ1n) is 4.08. The number of rotatable bonds is 2. The van der Waals surface area contributed by atoms with Crippen LogP contribution in [0.2, 0.25) is 0 Å². The average molecular weight is 143 g/mol. The first kappa shape index (κ1) is 8.02. The lowest BCUT2D eigenvalue weighted by Crippen LogP contribution is -2.39. The average Bonchev–Trinajstić information content (AvgIpc) is 2.15. The first-order chi connectivity index (χ1) is 4.70. The zero-order valence-electron chi connectivity index (χ0n) is 7.05. The smallest absolute Gasteiger partial charge is 0.0700 e. The molecular weight excluding hydrogens is 126 g/mol. The number of ether oxygens (including phenoxy) is 1. The molecule has 0 amide bonds. The van der Waals surface area contributed by atoms with Gasteiger partial charge in [0.2, 0.25) is 0 Å². The third-order valence-electron chi connectivity index (χ3n) is 1.92. The van der Waals surface area contributed by atoms with Crippen molar-refractivity contribution in [3.8, 4) is 0 Å². The topological polar surface area (TPSA) is 21.3 Å². The molecule has 1 N–H and O–H groups in total. The van der Waals surface area contributed by atoms with E-state index in [1.807, 2.05) is 0 Å².